The Morgan fingerprint density at radius 2 is 1.96 bits per heavy atom. The number of carbonyl (C=O) groups excluding carboxylic acids is 1. The zero-order valence-corrected chi connectivity index (χ0v) is 14.6. The van der Waals surface area contributed by atoms with Gasteiger partial charge in [0.2, 0.25) is 10.9 Å². The Morgan fingerprint density at radius 3 is 2.71 bits per heavy atom. The average Bonchev–Trinajstić information content (AvgIpc) is 3.21. The molecule has 8 heteroatoms. The molecule has 4 rings (SSSR count). The highest BCUT2D eigenvalue weighted by Gasteiger charge is 2.18. The van der Waals surface area contributed by atoms with Gasteiger partial charge in [0.25, 0.3) is 0 Å². The number of anilines is 1. The van der Waals surface area contributed by atoms with E-state index < -0.39 is 0 Å². The van der Waals surface area contributed by atoms with Crippen LogP contribution < -0.4 is 5.32 Å². The van der Waals surface area contributed by atoms with Crippen molar-refractivity contribution < 1.29 is 4.79 Å². The highest BCUT2D eigenvalue weighted by Crippen LogP contribution is 2.36. The molecule has 0 fully saturated rings. The van der Waals surface area contributed by atoms with E-state index in [4.69, 9.17) is 0 Å². The fraction of sp³-hybridized carbons (Fsp3) is 0.125. The Kier molecular flexibility index (Phi) is 3.62. The van der Waals surface area contributed by atoms with E-state index in [-0.39, 0.29) is 5.91 Å². The Hall–Kier alpha value is -2.58. The number of aryl methyl sites for hydroxylation is 1. The van der Waals surface area contributed by atoms with E-state index in [0.717, 1.165) is 31.0 Å². The summed E-state index contributed by atoms with van der Waals surface area (Å²) < 4.78 is 1.77. The van der Waals surface area contributed by atoms with Gasteiger partial charge in [-0.05, 0) is 18.6 Å². The van der Waals surface area contributed by atoms with E-state index in [9.17, 15) is 4.79 Å². The van der Waals surface area contributed by atoms with E-state index in [1.165, 1.54) is 29.6 Å². The number of aromatic nitrogens is 4. The average molecular weight is 355 g/mol. The van der Waals surface area contributed by atoms with Crippen molar-refractivity contribution in [1.29, 1.82) is 0 Å². The SMILES string of the molecule is CC(=O)Nc1cc(C)c(-c2nnc3sc(-c4ccccc4)nn23)s1. The third kappa shape index (κ3) is 2.59. The molecule has 0 atom stereocenters. The maximum absolute atomic E-state index is 11.2. The Labute approximate surface area is 145 Å². The molecular formula is C16H13N5OS2. The minimum absolute atomic E-state index is 0.0887. The van der Waals surface area contributed by atoms with Gasteiger partial charge in [-0.15, -0.1) is 21.5 Å². The number of thiophene rings is 1. The van der Waals surface area contributed by atoms with E-state index in [1.807, 2.05) is 43.3 Å². The number of nitrogens with one attached hydrogen (secondary N) is 1. The van der Waals surface area contributed by atoms with Crippen LogP contribution in [0.25, 0.3) is 26.2 Å². The van der Waals surface area contributed by atoms with Crippen LogP contribution in [0.1, 0.15) is 12.5 Å². The molecule has 3 aromatic heterocycles. The summed E-state index contributed by atoms with van der Waals surface area (Å²) in [5, 5.41) is 17.7. The molecule has 24 heavy (non-hydrogen) atoms. The summed E-state index contributed by atoms with van der Waals surface area (Å²) in [6.07, 6.45) is 0. The van der Waals surface area contributed by atoms with Crippen LogP contribution in [0.4, 0.5) is 5.00 Å². The normalized spacial score (nSPS) is 11.1. The molecule has 1 aromatic carbocycles. The largest absolute Gasteiger partial charge is 0.318 e. The van der Waals surface area contributed by atoms with Crippen molar-refractivity contribution in [2.75, 3.05) is 5.32 Å². The summed E-state index contributed by atoms with van der Waals surface area (Å²) in [6.45, 7) is 3.49. The van der Waals surface area contributed by atoms with Gasteiger partial charge in [0.1, 0.15) is 5.01 Å². The second kappa shape index (κ2) is 5.81. The molecule has 4 aromatic rings. The molecule has 0 aliphatic rings. The topological polar surface area (TPSA) is 72.2 Å². The molecule has 1 amide bonds. The van der Waals surface area contributed by atoms with Crippen LogP contribution in [0.5, 0.6) is 0 Å². The highest BCUT2D eigenvalue weighted by atomic mass is 32.1. The van der Waals surface area contributed by atoms with E-state index in [2.05, 4.69) is 20.6 Å². The lowest BCUT2D eigenvalue weighted by molar-refractivity contribution is -0.114. The fourth-order valence-corrected chi connectivity index (χ4v) is 4.33. The van der Waals surface area contributed by atoms with Crippen LogP contribution in [0, 0.1) is 6.92 Å². The van der Waals surface area contributed by atoms with Gasteiger partial charge in [0.15, 0.2) is 5.82 Å². The van der Waals surface area contributed by atoms with Crippen molar-refractivity contribution in [2.45, 2.75) is 13.8 Å². The summed E-state index contributed by atoms with van der Waals surface area (Å²) in [6, 6.07) is 11.9. The lowest BCUT2D eigenvalue weighted by atomic mass is 10.2. The molecule has 6 nitrogen and oxygen atoms in total. The molecule has 1 N–H and O–H groups in total. The molecular weight excluding hydrogens is 342 g/mol. The number of nitrogens with zero attached hydrogens (tertiary/aromatic N) is 4. The van der Waals surface area contributed by atoms with Gasteiger partial charge in [-0.3, -0.25) is 4.79 Å². The molecule has 3 heterocycles. The van der Waals surface area contributed by atoms with E-state index in [1.54, 1.807) is 4.52 Å². The molecule has 0 radical (unpaired) electrons. The van der Waals surface area contributed by atoms with Crippen molar-refractivity contribution in [1.82, 2.24) is 19.8 Å². The molecule has 0 aliphatic carbocycles. The number of hydrogen-bond acceptors (Lipinski definition) is 6. The molecule has 0 aliphatic heterocycles. The molecule has 0 saturated carbocycles. The van der Waals surface area contributed by atoms with E-state index in [0.29, 0.717) is 5.82 Å². The second-order valence-corrected chi connectivity index (χ2v) is 7.30. The second-order valence-electron chi connectivity index (χ2n) is 5.30. The first kappa shape index (κ1) is 15.0. The Balaban J connectivity index is 1.79. The van der Waals surface area contributed by atoms with Crippen molar-refractivity contribution in [3.05, 3.63) is 42.0 Å². The third-order valence-electron chi connectivity index (χ3n) is 3.43. The number of benzene rings is 1. The van der Waals surface area contributed by atoms with Gasteiger partial charge in [0, 0.05) is 12.5 Å². The lowest BCUT2D eigenvalue weighted by Crippen LogP contribution is -2.03. The van der Waals surface area contributed by atoms with Gasteiger partial charge in [-0.2, -0.15) is 9.61 Å². The smallest absolute Gasteiger partial charge is 0.235 e. The fourth-order valence-electron chi connectivity index (χ4n) is 2.40. The summed E-state index contributed by atoms with van der Waals surface area (Å²) in [4.78, 5) is 12.9. The molecule has 0 bridgehead atoms. The molecule has 0 saturated heterocycles. The van der Waals surface area contributed by atoms with Crippen molar-refractivity contribution in [2.24, 2.45) is 0 Å². The summed E-state index contributed by atoms with van der Waals surface area (Å²) >= 11 is 2.98. The van der Waals surface area contributed by atoms with Crippen LogP contribution in [0.15, 0.2) is 36.4 Å². The third-order valence-corrected chi connectivity index (χ3v) is 5.53. The maximum Gasteiger partial charge on any atom is 0.235 e. The monoisotopic (exact) mass is 355 g/mol. The first-order chi connectivity index (χ1) is 11.6. The van der Waals surface area contributed by atoms with Crippen LogP contribution in [-0.2, 0) is 4.79 Å². The van der Waals surface area contributed by atoms with Crippen LogP contribution in [0.3, 0.4) is 0 Å². The number of rotatable bonds is 3. The molecule has 0 spiro atoms. The molecule has 0 unspecified atom stereocenters. The van der Waals surface area contributed by atoms with Crippen LogP contribution in [0.2, 0.25) is 0 Å². The van der Waals surface area contributed by atoms with Gasteiger partial charge in [0.05, 0.1) is 9.88 Å². The van der Waals surface area contributed by atoms with Crippen molar-refractivity contribution >= 4 is 38.5 Å². The van der Waals surface area contributed by atoms with Gasteiger partial charge >= 0.3 is 0 Å². The predicted molar refractivity (Wildman–Crippen MR) is 96.4 cm³/mol. The highest BCUT2D eigenvalue weighted by molar-refractivity contribution is 7.20. The van der Waals surface area contributed by atoms with Crippen LogP contribution >= 0.6 is 22.7 Å². The zero-order valence-electron chi connectivity index (χ0n) is 13.0. The first-order valence-corrected chi connectivity index (χ1v) is 8.91. The summed E-state index contributed by atoms with van der Waals surface area (Å²) in [5.74, 6) is 0.608. The number of amides is 1. The van der Waals surface area contributed by atoms with Crippen LogP contribution in [-0.4, -0.2) is 25.7 Å². The number of fused-ring (bicyclic) bond motifs is 1. The zero-order chi connectivity index (χ0) is 16.7. The van der Waals surface area contributed by atoms with Gasteiger partial charge < -0.3 is 5.32 Å². The van der Waals surface area contributed by atoms with Gasteiger partial charge in [-0.25, -0.2) is 0 Å². The first-order valence-electron chi connectivity index (χ1n) is 7.28. The van der Waals surface area contributed by atoms with Crippen molar-refractivity contribution in [3.63, 3.8) is 0 Å². The number of hydrogen-bond donors (Lipinski definition) is 1. The molecule has 120 valence electrons. The van der Waals surface area contributed by atoms with Gasteiger partial charge in [-0.1, -0.05) is 41.7 Å². The lowest BCUT2D eigenvalue weighted by Gasteiger charge is -1.96. The Bertz CT molecular complexity index is 1030. The predicted octanol–water partition coefficient (Wildman–Crippen LogP) is 3.85. The quantitative estimate of drug-likeness (QED) is 0.606. The standard InChI is InChI=1S/C16H13N5OS2/c1-9-8-12(17-10(2)22)23-13(9)14-18-19-16-21(14)20-15(24-16)11-6-4-3-5-7-11/h3-8H,1-2H3,(H,17,22). The summed E-state index contributed by atoms with van der Waals surface area (Å²) in [5.41, 5.74) is 2.09. The summed E-state index contributed by atoms with van der Waals surface area (Å²) in [7, 11) is 0. The minimum atomic E-state index is -0.0887. The minimum Gasteiger partial charge on any atom is -0.318 e. The van der Waals surface area contributed by atoms with E-state index >= 15 is 0 Å². The number of carbonyl (C=O) groups is 1. The Morgan fingerprint density at radius 1 is 1.17 bits per heavy atom. The maximum atomic E-state index is 11.2. The van der Waals surface area contributed by atoms with Crippen molar-refractivity contribution in [3.8, 4) is 21.3 Å².